The van der Waals surface area contributed by atoms with Crippen LogP contribution in [0.4, 0.5) is 5.69 Å². The fourth-order valence-corrected chi connectivity index (χ4v) is 4.81. The van der Waals surface area contributed by atoms with Gasteiger partial charge in [-0.2, -0.15) is 5.10 Å². The summed E-state index contributed by atoms with van der Waals surface area (Å²) in [6, 6.07) is 25.1. The first-order chi connectivity index (χ1) is 20.9. The summed E-state index contributed by atoms with van der Waals surface area (Å²) in [5.41, 5.74) is 5.05. The van der Waals surface area contributed by atoms with Gasteiger partial charge in [0.1, 0.15) is 6.61 Å². The molecule has 11 heteroatoms. The summed E-state index contributed by atoms with van der Waals surface area (Å²) in [5.74, 6) is 1.01. The van der Waals surface area contributed by atoms with Crippen molar-refractivity contribution in [1.82, 2.24) is 5.43 Å². The van der Waals surface area contributed by atoms with Crippen molar-refractivity contribution in [2.75, 3.05) is 25.6 Å². The number of amides is 2. The van der Waals surface area contributed by atoms with Crippen LogP contribution in [0.25, 0.3) is 0 Å². The van der Waals surface area contributed by atoms with Gasteiger partial charge in [-0.05, 0) is 83.1 Å². The first-order valence-electron chi connectivity index (χ1n) is 13.2. The van der Waals surface area contributed by atoms with Crippen LogP contribution in [0.2, 0.25) is 5.02 Å². The molecule has 0 spiro atoms. The molecule has 0 aliphatic heterocycles. The fraction of sp³-hybridized carbons (Fsp3) is 0.156. The standard InChI is InChI=1S/C32H29ClIN3O6/c1-3-41-28-17-23(13-14-27(28)42-19-21-9-5-4-6-10-21)32(39)37-35-18-22-15-25(34)31(29(16-22)40-2)43-20-30(38)36-26-12-8-7-11-24(26)33/h4-18H,3,19-20H2,1-2H3,(H,36,38)(H,37,39)/b35-18+. The van der Waals surface area contributed by atoms with Gasteiger partial charge in [-0.15, -0.1) is 0 Å². The minimum Gasteiger partial charge on any atom is -0.493 e. The lowest BCUT2D eigenvalue weighted by Crippen LogP contribution is -2.21. The van der Waals surface area contributed by atoms with Crippen LogP contribution in [0.5, 0.6) is 23.0 Å². The van der Waals surface area contributed by atoms with E-state index >= 15 is 0 Å². The fourth-order valence-electron chi connectivity index (χ4n) is 3.84. The van der Waals surface area contributed by atoms with Gasteiger partial charge < -0.3 is 24.3 Å². The number of carbonyl (C=O) groups excluding carboxylic acids is 2. The highest BCUT2D eigenvalue weighted by Crippen LogP contribution is 2.34. The van der Waals surface area contributed by atoms with E-state index in [1.165, 1.54) is 13.3 Å². The van der Waals surface area contributed by atoms with Gasteiger partial charge in [0, 0.05) is 5.56 Å². The molecule has 0 aliphatic carbocycles. The average molecular weight is 714 g/mol. The molecule has 9 nitrogen and oxygen atoms in total. The lowest BCUT2D eigenvalue weighted by Gasteiger charge is -2.14. The van der Waals surface area contributed by atoms with E-state index in [-0.39, 0.29) is 12.5 Å². The molecule has 0 aromatic heterocycles. The van der Waals surface area contributed by atoms with Gasteiger partial charge in [0.2, 0.25) is 0 Å². The molecule has 0 saturated carbocycles. The average Bonchev–Trinajstić information content (AvgIpc) is 3.01. The normalized spacial score (nSPS) is 10.7. The number of nitrogens with one attached hydrogen (secondary N) is 2. The number of nitrogens with zero attached hydrogens (tertiary/aromatic N) is 1. The second-order valence-corrected chi connectivity index (χ2v) is 10.5. The van der Waals surface area contributed by atoms with Gasteiger partial charge in [0.25, 0.3) is 11.8 Å². The van der Waals surface area contributed by atoms with Gasteiger partial charge >= 0.3 is 0 Å². The monoisotopic (exact) mass is 713 g/mol. The number of hydrogen-bond acceptors (Lipinski definition) is 7. The Morgan fingerprint density at radius 1 is 0.907 bits per heavy atom. The number of hydrogen-bond donors (Lipinski definition) is 2. The van der Waals surface area contributed by atoms with Crippen LogP contribution in [-0.4, -0.2) is 38.4 Å². The summed E-state index contributed by atoms with van der Waals surface area (Å²) >= 11 is 8.18. The number of halogens is 2. The maximum Gasteiger partial charge on any atom is 0.271 e. The Labute approximate surface area is 268 Å². The van der Waals surface area contributed by atoms with Crippen molar-refractivity contribution < 1.29 is 28.5 Å². The Morgan fingerprint density at radius 2 is 1.67 bits per heavy atom. The molecule has 4 rings (SSSR count). The SMILES string of the molecule is CCOc1cc(C(=O)N/N=C/c2cc(I)c(OCC(=O)Nc3ccccc3Cl)c(OC)c2)ccc1OCc1ccccc1. The third-order valence-electron chi connectivity index (χ3n) is 5.87. The molecule has 0 aliphatic rings. The number of anilines is 1. The van der Waals surface area contributed by atoms with Crippen molar-refractivity contribution in [3.8, 4) is 23.0 Å². The van der Waals surface area contributed by atoms with Gasteiger partial charge in [0.05, 0.1) is 34.2 Å². The molecule has 2 N–H and O–H groups in total. The molecule has 0 atom stereocenters. The number of ether oxygens (including phenoxy) is 4. The highest BCUT2D eigenvalue weighted by Gasteiger charge is 2.15. The Kier molecular flexibility index (Phi) is 11.6. The number of carbonyl (C=O) groups is 2. The minimum atomic E-state index is -0.419. The zero-order valence-corrected chi connectivity index (χ0v) is 26.3. The number of benzene rings is 4. The summed E-state index contributed by atoms with van der Waals surface area (Å²) in [5, 5.41) is 7.24. The first-order valence-corrected chi connectivity index (χ1v) is 14.6. The van der Waals surface area contributed by atoms with Crippen LogP contribution >= 0.6 is 34.2 Å². The van der Waals surface area contributed by atoms with Gasteiger partial charge in [-0.1, -0.05) is 54.1 Å². The molecular weight excluding hydrogens is 685 g/mol. The van der Waals surface area contributed by atoms with Crippen molar-refractivity contribution in [3.05, 3.63) is 110 Å². The van der Waals surface area contributed by atoms with Gasteiger partial charge in [-0.3, -0.25) is 9.59 Å². The Bertz CT molecular complexity index is 1600. The lowest BCUT2D eigenvalue weighted by molar-refractivity contribution is -0.118. The Balaban J connectivity index is 1.37. The molecule has 0 heterocycles. The highest BCUT2D eigenvalue weighted by atomic mass is 127. The van der Waals surface area contributed by atoms with Crippen molar-refractivity contribution >= 4 is 57.9 Å². The predicted octanol–water partition coefficient (Wildman–Crippen LogP) is 6.71. The smallest absolute Gasteiger partial charge is 0.271 e. The van der Waals surface area contributed by atoms with E-state index in [0.29, 0.717) is 61.6 Å². The minimum absolute atomic E-state index is 0.249. The number of para-hydroxylation sites is 1. The zero-order valence-electron chi connectivity index (χ0n) is 23.4. The van der Waals surface area contributed by atoms with Crippen molar-refractivity contribution in [2.24, 2.45) is 5.10 Å². The summed E-state index contributed by atoms with van der Waals surface area (Å²) in [4.78, 5) is 25.2. The molecule has 0 unspecified atom stereocenters. The molecule has 0 fully saturated rings. The molecule has 4 aromatic rings. The van der Waals surface area contributed by atoms with E-state index in [0.717, 1.165) is 5.56 Å². The topological polar surface area (TPSA) is 107 Å². The predicted molar refractivity (Wildman–Crippen MR) is 175 cm³/mol. The third kappa shape index (κ3) is 9.10. The van der Waals surface area contributed by atoms with Crippen LogP contribution in [-0.2, 0) is 11.4 Å². The third-order valence-corrected chi connectivity index (χ3v) is 7.00. The molecule has 0 bridgehead atoms. The van der Waals surface area contributed by atoms with Crippen molar-refractivity contribution in [3.63, 3.8) is 0 Å². The summed E-state index contributed by atoms with van der Waals surface area (Å²) in [6.07, 6.45) is 1.48. The van der Waals surface area contributed by atoms with Crippen molar-refractivity contribution in [1.29, 1.82) is 0 Å². The van der Waals surface area contributed by atoms with Crippen LogP contribution in [0, 0.1) is 3.57 Å². The number of hydrazone groups is 1. The Morgan fingerprint density at radius 3 is 2.42 bits per heavy atom. The highest BCUT2D eigenvalue weighted by molar-refractivity contribution is 14.1. The van der Waals surface area contributed by atoms with E-state index in [1.807, 2.05) is 37.3 Å². The second-order valence-electron chi connectivity index (χ2n) is 8.92. The molecule has 0 saturated heterocycles. The molecule has 2 amide bonds. The van der Waals surface area contributed by atoms with Crippen LogP contribution in [0.15, 0.2) is 90.0 Å². The van der Waals surface area contributed by atoms with Crippen LogP contribution < -0.4 is 29.7 Å². The molecular formula is C32H29ClIN3O6. The summed E-state index contributed by atoms with van der Waals surface area (Å²) in [6.45, 7) is 2.40. The summed E-state index contributed by atoms with van der Waals surface area (Å²) in [7, 11) is 1.49. The van der Waals surface area contributed by atoms with Crippen LogP contribution in [0.3, 0.4) is 0 Å². The molecule has 222 valence electrons. The van der Waals surface area contributed by atoms with E-state index in [4.69, 9.17) is 30.5 Å². The van der Waals surface area contributed by atoms with E-state index in [1.54, 1.807) is 54.6 Å². The molecule has 0 radical (unpaired) electrons. The second kappa shape index (κ2) is 15.8. The molecule has 4 aromatic carbocycles. The van der Waals surface area contributed by atoms with Crippen LogP contribution in [0.1, 0.15) is 28.4 Å². The summed E-state index contributed by atoms with van der Waals surface area (Å²) < 4.78 is 23.5. The molecule has 43 heavy (non-hydrogen) atoms. The van der Waals surface area contributed by atoms with E-state index < -0.39 is 5.91 Å². The van der Waals surface area contributed by atoms with E-state index in [2.05, 4.69) is 38.4 Å². The van der Waals surface area contributed by atoms with Gasteiger partial charge in [0.15, 0.2) is 29.6 Å². The quantitative estimate of drug-likeness (QED) is 0.0907. The Hall–Kier alpha value is -4.29. The zero-order chi connectivity index (χ0) is 30.6. The number of methoxy groups -OCH3 is 1. The maximum atomic E-state index is 12.8. The lowest BCUT2D eigenvalue weighted by atomic mass is 10.2. The first kappa shape index (κ1) is 31.6. The maximum absolute atomic E-state index is 12.8. The number of rotatable bonds is 13. The largest absolute Gasteiger partial charge is 0.493 e. The van der Waals surface area contributed by atoms with E-state index in [9.17, 15) is 9.59 Å². The van der Waals surface area contributed by atoms with Crippen molar-refractivity contribution in [2.45, 2.75) is 13.5 Å². The van der Waals surface area contributed by atoms with Gasteiger partial charge in [-0.25, -0.2) is 5.43 Å².